The van der Waals surface area contributed by atoms with Crippen LogP contribution in [0.5, 0.6) is 0 Å². The second-order valence-electron chi connectivity index (χ2n) is 3.70. The summed E-state index contributed by atoms with van der Waals surface area (Å²) in [5, 5.41) is 6.80. The van der Waals surface area contributed by atoms with Gasteiger partial charge in [-0.05, 0) is 18.4 Å². The van der Waals surface area contributed by atoms with Crippen LogP contribution < -0.4 is 5.32 Å². The first-order valence-electron chi connectivity index (χ1n) is 4.87. The van der Waals surface area contributed by atoms with Crippen molar-refractivity contribution >= 4 is 5.91 Å². The first-order chi connectivity index (χ1) is 6.83. The summed E-state index contributed by atoms with van der Waals surface area (Å²) in [4.78, 5) is 16.2. The van der Waals surface area contributed by atoms with Crippen molar-refractivity contribution in [2.45, 2.75) is 24.9 Å². The van der Waals surface area contributed by atoms with Gasteiger partial charge in [0.15, 0.2) is 0 Å². The van der Waals surface area contributed by atoms with Crippen molar-refractivity contribution in [3.05, 3.63) is 10.4 Å². The Bertz CT molecular complexity index is 279. The molecule has 0 aromatic carbocycles. The van der Waals surface area contributed by atoms with Gasteiger partial charge in [-0.15, -0.1) is 0 Å². The van der Waals surface area contributed by atoms with Crippen LogP contribution in [-0.2, 0) is 4.79 Å². The average Bonchev–Trinajstić information content (AvgIpc) is 2.20. The summed E-state index contributed by atoms with van der Waals surface area (Å²) in [5.74, 6) is 0.124. The lowest BCUT2D eigenvalue weighted by Crippen LogP contribution is -2.60. The van der Waals surface area contributed by atoms with Gasteiger partial charge in [0.2, 0.25) is 5.91 Å². The maximum absolute atomic E-state index is 11.5. The van der Waals surface area contributed by atoms with Crippen LogP contribution in [0.4, 0.5) is 0 Å². The molecule has 76 valence electrons. The summed E-state index contributed by atoms with van der Waals surface area (Å²) in [7, 11) is 0. The fourth-order valence-electron chi connectivity index (χ4n) is 2.22. The Morgan fingerprint density at radius 3 is 3.29 bits per heavy atom. The van der Waals surface area contributed by atoms with Crippen molar-refractivity contribution < 1.29 is 4.79 Å². The molecule has 0 bridgehead atoms. The van der Waals surface area contributed by atoms with Crippen LogP contribution in [0.2, 0.25) is 0 Å². The fraction of sp³-hybridized carbons (Fsp3) is 0.875. The number of hydrogen-bond donors (Lipinski definition) is 1. The van der Waals surface area contributed by atoms with E-state index in [0.717, 1.165) is 25.9 Å². The smallest absolute Gasteiger partial charge is 0.236 e. The third-order valence-electron chi connectivity index (χ3n) is 2.89. The molecule has 2 unspecified atom stereocenters. The van der Waals surface area contributed by atoms with Gasteiger partial charge in [-0.25, -0.2) is 0 Å². The lowest BCUT2D eigenvalue weighted by Gasteiger charge is -2.42. The highest BCUT2D eigenvalue weighted by molar-refractivity contribution is 5.79. The van der Waals surface area contributed by atoms with Crippen molar-refractivity contribution in [1.29, 1.82) is 0 Å². The van der Waals surface area contributed by atoms with E-state index in [1.807, 2.05) is 4.90 Å². The van der Waals surface area contributed by atoms with E-state index in [0.29, 0.717) is 6.54 Å². The Hall–Kier alpha value is -1.26. The van der Waals surface area contributed by atoms with Gasteiger partial charge in [-0.3, -0.25) is 4.79 Å². The molecule has 2 heterocycles. The number of nitrogens with zero attached hydrogens (tertiary/aromatic N) is 4. The molecule has 2 rings (SSSR count). The Morgan fingerprint density at radius 1 is 1.64 bits per heavy atom. The Labute approximate surface area is 81.9 Å². The number of fused-ring (bicyclic) bond motifs is 1. The predicted octanol–water partition coefficient (Wildman–Crippen LogP) is 0.259. The molecule has 0 radical (unpaired) electrons. The lowest BCUT2D eigenvalue weighted by molar-refractivity contribution is -0.136. The molecule has 2 aliphatic heterocycles. The third-order valence-corrected chi connectivity index (χ3v) is 2.89. The van der Waals surface area contributed by atoms with Crippen molar-refractivity contribution in [1.82, 2.24) is 10.2 Å². The quantitative estimate of drug-likeness (QED) is 0.370. The molecular formula is C8H13N5O. The summed E-state index contributed by atoms with van der Waals surface area (Å²) in [6, 6.07) is 0.0198. The molecule has 6 heteroatoms. The second-order valence-corrected chi connectivity index (χ2v) is 3.70. The minimum absolute atomic E-state index is 0.0505. The highest BCUT2D eigenvalue weighted by Gasteiger charge is 2.35. The predicted molar refractivity (Wildman–Crippen MR) is 50.5 cm³/mol. The molecule has 6 nitrogen and oxygen atoms in total. The van der Waals surface area contributed by atoms with E-state index in [4.69, 9.17) is 5.53 Å². The van der Waals surface area contributed by atoms with Crippen molar-refractivity contribution in [3.8, 4) is 0 Å². The molecule has 2 aliphatic rings. The van der Waals surface area contributed by atoms with E-state index in [2.05, 4.69) is 15.3 Å². The van der Waals surface area contributed by atoms with E-state index >= 15 is 0 Å². The van der Waals surface area contributed by atoms with E-state index in [-0.39, 0.29) is 18.0 Å². The van der Waals surface area contributed by atoms with Crippen LogP contribution >= 0.6 is 0 Å². The summed E-state index contributed by atoms with van der Waals surface area (Å²) in [6.07, 6.45) is 1.83. The standard InChI is InChI=1S/C8H13N5O/c9-12-11-6-2-1-3-13-7(6)4-10-5-8(13)14/h6-7,10H,1-5H2. The van der Waals surface area contributed by atoms with E-state index < -0.39 is 0 Å². The number of carbonyl (C=O) groups is 1. The number of hydrogen-bond acceptors (Lipinski definition) is 3. The molecule has 0 aliphatic carbocycles. The van der Waals surface area contributed by atoms with Crippen LogP contribution in [0.1, 0.15) is 12.8 Å². The zero-order valence-electron chi connectivity index (χ0n) is 7.89. The molecule has 14 heavy (non-hydrogen) atoms. The van der Waals surface area contributed by atoms with Gasteiger partial charge < -0.3 is 10.2 Å². The average molecular weight is 195 g/mol. The number of rotatable bonds is 1. The monoisotopic (exact) mass is 195 g/mol. The molecule has 0 aromatic rings. The fourth-order valence-corrected chi connectivity index (χ4v) is 2.22. The molecule has 0 spiro atoms. The molecule has 0 saturated carbocycles. The van der Waals surface area contributed by atoms with Crippen LogP contribution in [-0.4, -0.2) is 42.5 Å². The lowest BCUT2D eigenvalue weighted by atomic mass is 9.95. The van der Waals surface area contributed by atoms with Crippen molar-refractivity contribution in [3.63, 3.8) is 0 Å². The van der Waals surface area contributed by atoms with Gasteiger partial charge in [0, 0.05) is 18.0 Å². The van der Waals surface area contributed by atoms with Gasteiger partial charge in [0.05, 0.1) is 18.6 Å². The molecule has 0 aromatic heterocycles. The van der Waals surface area contributed by atoms with Crippen LogP contribution in [0.25, 0.3) is 10.4 Å². The maximum Gasteiger partial charge on any atom is 0.236 e. The van der Waals surface area contributed by atoms with E-state index in [1.165, 1.54) is 0 Å². The summed E-state index contributed by atoms with van der Waals surface area (Å²) >= 11 is 0. The highest BCUT2D eigenvalue weighted by Crippen LogP contribution is 2.22. The molecule has 2 saturated heterocycles. The van der Waals surface area contributed by atoms with Crippen molar-refractivity contribution in [2.24, 2.45) is 5.11 Å². The topological polar surface area (TPSA) is 81.1 Å². The van der Waals surface area contributed by atoms with E-state index in [1.54, 1.807) is 0 Å². The second kappa shape index (κ2) is 3.86. The highest BCUT2D eigenvalue weighted by atomic mass is 16.2. The Kier molecular flexibility index (Phi) is 2.56. The number of azide groups is 1. The Morgan fingerprint density at radius 2 is 2.50 bits per heavy atom. The van der Waals surface area contributed by atoms with Gasteiger partial charge in [0.25, 0.3) is 0 Å². The van der Waals surface area contributed by atoms with Gasteiger partial charge >= 0.3 is 0 Å². The van der Waals surface area contributed by atoms with Gasteiger partial charge in [-0.1, -0.05) is 5.11 Å². The first kappa shape index (κ1) is 9.30. The van der Waals surface area contributed by atoms with Crippen LogP contribution in [0.3, 0.4) is 0 Å². The molecule has 2 atom stereocenters. The van der Waals surface area contributed by atoms with Crippen molar-refractivity contribution in [2.75, 3.05) is 19.6 Å². The summed E-state index contributed by atoms with van der Waals surface area (Å²) in [5.41, 5.74) is 8.41. The number of amides is 1. The van der Waals surface area contributed by atoms with Gasteiger partial charge in [0.1, 0.15) is 0 Å². The number of carbonyl (C=O) groups excluding carboxylic acids is 1. The minimum atomic E-state index is -0.0505. The molecule has 1 N–H and O–H groups in total. The summed E-state index contributed by atoms with van der Waals surface area (Å²) < 4.78 is 0. The van der Waals surface area contributed by atoms with Crippen LogP contribution in [0.15, 0.2) is 5.11 Å². The zero-order chi connectivity index (χ0) is 9.97. The normalized spacial score (nSPS) is 32.0. The SMILES string of the molecule is [N-]=[N+]=NC1CCCN2C(=O)CNCC12. The van der Waals surface area contributed by atoms with Crippen LogP contribution in [0, 0.1) is 0 Å². The van der Waals surface area contributed by atoms with E-state index in [9.17, 15) is 4.79 Å². The maximum atomic E-state index is 11.5. The van der Waals surface area contributed by atoms with Gasteiger partial charge in [-0.2, -0.15) is 0 Å². The molecular weight excluding hydrogens is 182 g/mol. The number of piperazine rings is 1. The molecule has 2 fully saturated rings. The zero-order valence-corrected chi connectivity index (χ0v) is 7.89. The number of nitrogens with one attached hydrogen (secondary N) is 1. The largest absolute Gasteiger partial charge is 0.337 e. The summed E-state index contributed by atoms with van der Waals surface area (Å²) in [6.45, 7) is 1.97. The first-order valence-corrected chi connectivity index (χ1v) is 4.87. The minimum Gasteiger partial charge on any atom is -0.337 e. The third kappa shape index (κ3) is 1.54. The molecule has 1 amide bonds. The number of piperidine rings is 1. The Balaban J connectivity index is 2.15.